The number of amides is 1. The second-order valence-corrected chi connectivity index (χ2v) is 8.02. The van der Waals surface area contributed by atoms with Crippen LogP contribution in [0, 0.1) is 5.92 Å². The molecule has 30 heavy (non-hydrogen) atoms. The SMILES string of the molecule is CCNC(=NCc1cccc(CN2CCCC2=O)c1)NCCCOCC1CCOC1. The van der Waals surface area contributed by atoms with Crippen LogP contribution in [0.25, 0.3) is 0 Å². The average molecular weight is 417 g/mol. The Morgan fingerprint density at radius 3 is 3.00 bits per heavy atom. The zero-order chi connectivity index (χ0) is 21.0. The van der Waals surface area contributed by atoms with Crippen molar-refractivity contribution in [3.8, 4) is 0 Å². The standard InChI is InChI=1S/C23H36N4O3/c1-2-24-23(25-10-5-12-29-17-21-9-13-30-18-21)26-15-19-6-3-7-20(14-19)16-27-11-4-8-22(27)28/h3,6-7,14,21H,2,4-5,8-13,15-18H2,1H3,(H2,24,25,26). The summed E-state index contributed by atoms with van der Waals surface area (Å²) in [5, 5.41) is 6.68. The summed E-state index contributed by atoms with van der Waals surface area (Å²) in [6, 6.07) is 8.37. The van der Waals surface area contributed by atoms with Crippen LogP contribution in [0.2, 0.25) is 0 Å². The van der Waals surface area contributed by atoms with Gasteiger partial charge < -0.3 is 25.0 Å². The van der Waals surface area contributed by atoms with Gasteiger partial charge in [-0.2, -0.15) is 0 Å². The predicted octanol–water partition coefficient (Wildman–Crippen LogP) is 2.31. The van der Waals surface area contributed by atoms with E-state index >= 15 is 0 Å². The molecule has 2 fully saturated rings. The lowest BCUT2D eigenvalue weighted by molar-refractivity contribution is -0.128. The number of nitrogens with zero attached hydrogens (tertiary/aromatic N) is 2. The van der Waals surface area contributed by atoms with Crippen molar-refractivity contribution in [3.05, 3.63) is 35.4 Å². The van der Waals surface area contributed by atoms with Crippen LogP contribution in [0.4, 0.5) is 0 Å². The molecule has 0 spiro atoms. The molecule has 7 nitrogen and oxygen atoms in total. The summed E-state index contributed by atoms with van der Waals surface area (Å²) in [4.78, 5) is 18.5. The molecule has 1 unspecified atom stereocenters. The number of hydrogen-bond donors (Lipinski definition) is 2. The molecule has 2 aliphatic heterocycles. The van der Waals surface area contributed by atoms with Gasteiger partial charge in [0.05, 0.1) is 19.8 Å². The van der Waals surface area contributed by atoms with Crippen molar-refractivity contribution in [2.75, 3.05) is 46.1 Å². The van der Waals surface area contributed by atoms with Crippen molar-refractivity contribution in [2.45, 2.75) is 45.7 Å². The van der Waals surface area contributed by atoms with Gasteiger partial charge in [-0.15, -0.1) is 0 Å². The Bertz CT molecular complexity index is 689. The fraction of sp³-hybridized carbons (Fsp3) is 0.652. The first-order valence-electron chi connectivity index (χ1n) is 11.3. The Morgan fingerprint density at radius 1 is 1.33 bits per heavy atom. The van der Waals surface area contributed by atoms with Crippen molar-refractivity contribution in [1.82, 2.24) is 15.5 Å². The number of carbonyl (C=O) groups excluding carboxylic acids is 1. The second-order valence-electron chi connectivity index (χ2n) is 8.02. The van der Waals surface area contributed by atoms with Crippen molar-refractivity contribution < 1.29 is 14.3 Å². The monoisotopic (exact) mass is 416 g/mol. The predicted molar refractivity (Wildman–Crippen MR) is 118 cm³/mol. The van der Waals surface area contributed by atoms with Gasteiger partial charge in [0.1, 0.15) is 0 Å². The largest absolute Gasteiger partial charge is 0.381 e. The maximum absolute atomic E-state index is 11.9. The van der Waals surface area contributed by atoms with Crippen LogP contribution in [0.5, 0.6) is 0 Å². The molecular formula is C23H36N4O3. The normalized spacial score (nSPS) is 19.5. The number of benzene rings is 1. The van der Waals surface area contributed by atoms with Gasteiger partial charge in [-0.3, -0.25) is 4.79 Å². The summed E-state index contributed by atoms with van der Waals surface area (Å²) in [7, 11) is 0. The van der Waals surface area contributed by atoms with Gasteiger partial charge in [-0.1, -0.05) is 24.3 Å². The van der Waals surface area contributed by atoms with E-state index in [4.69, 9.17) is 14.5 Å². The molecule has 2 aliphatic rings. The first-order valence-corrected chi connectivity index (χ1v) is 11.3. The second kappa shape index (κ2) is 12.5. The van der Waals surface area contributed by atoms with Crippen LogP contribution in [-0.2, 0) is 27.4 Å². The van der Waals surface area contributed by atoms with E-state index in [9.17, 15) is 4.79 Å². The minimum absolute atomic E-state index is 0.262. The maximum atomic E-state index is 11.9. The molecule has 0 aliphatic carbocycles. The molecule has 7 heteroatoms. The molecule has 1 atom stereocenters. The van der Waals surface area contributed by atoms with Crippen LogP contribution in [-0.4, -0.2) is 62.8 Å². The molecule has 0 aromatic heterocycles. The van der Waals surface area contributed by atoms with Crippen LogP contribution >= 0.6 is 0 Å². The van der Waals surface area contributed by atoms with Crippen LogP contribution in [0.1, 0.15) is 43.7 Å². The van der Waals surface area contributed by atoms with Crippen molar-refractivity contribution in [3.63, 3.8) is 0 Å². The summed E-state index contributed by atoms with van der Waals surface area (Å²) in [6.07, 6.45) is 3.71. The van der Waals surface area contributed by atoms with Gasteiger partial charge in [0.15, 0.2) is 5.96 Å². The van der Waals surface area contributed by atoms with Crippen molar-refractivity contribution in [1.29, 1.82) is 0 Å². The molecule has 166 valence electrons. The Labute approximate surface area is 180 Å². The molecule has 1 aromatic carbocycles. The number of ether oxygens (including phenoxy) is 2. The number of rotatable bonds is 11. The summed E-state index contributed by atoms with van der Waals surface area (Å²) >= 11 is 0. The number of aliphatic imine (C=N–C) groups is 1. The van der Waals surface area contributed by atoms with Gasteiger partial charge in [-0.25, -0.2) is 4.99 Å². The summed E-state index contributed by atoms with van der Waals surface area (Å²) in [6.45, 7) is 9.14. The highest BCUT2D eigenvalue weighted by Crippen LogP contribution is 2.15. The first kappa shape index (κ1) is 22.6. The number of hydrogen-bond acceptors (Lipinski definition) is 4. The third-order valence-electron chi connectivity index (χ3n) is 5.44. The molecule has 2 N–H and O–H groups in total. The lowest BCUT2D eigenvalue weighted by atomic mass is 10.1. The topological polar surface area (TPSA) is 75.2 Å². The molecule has 3 rings (SSSR count). The minimum Gasteiger partial charge on any atom is -0.381 e. The number of carbonyl (C=O) groups is 1. The number of likely N-dealkylation sites (tertiary alicyclic amines) is 1. The van der Waals surface area contributed by atoms with Crippen LogP contribution in [0.15, 0.2) is 29.3 Å². The molecule has 2 saturated heterocycles. The molecule has 0 bridgehead atoms. The third-order valence-corrected chi connectivity index (χ3v) is 5.44. The number of nitrogens with one attached hydrogen (secondary N) is 2. The van der Waals surface area contributed by atoms with E-state index in [1.807, 2.05) is 11.0 Å². The Hall–Kier alpha value is -2.12. The summed E-state index contributed by atoms with van der Waals surface area (Å²) < 4.78 is 11.1. The minimum atomic E-state index is 0.262. The highest BCUT2D eigenvalue weighted by molar-refractivity contribution is 5.79. The summed E-state index contributed by atoms with van der Waals surface area (Å²) in [5.41, 5.74) is 2.32. The molecule has 0 radical (unpaired) electrons. The zero-order valence-electron chi connectivity index (χ0n) is 18.2. The molecular weight excluding hydrogens is 380 g/mol. The van der Waals surface area contributed by atoms with Gasteiger partial charge in [-0.05, 0) is 37.3 Å². The fourth-order valence-corrected chi connectivity index (χ4v) is 3.78. The van der Waals surface area contributed by atoms with Gasteiger partial charge >= 0.3 is 0 Å². The van der Waals surface area contributed by atoms with E-state index in [1.54, 1.807) is 0 Å². The van der Waals surface area contributed by atoms with Crippen LogP contribution in [0.3, 0.4) is 0 Å². The number of guanidine groups is 1. The molecule has 0 saturated carbocycles. The molecule has 2 heterocycles. The van der Waals surface area contributed by atoms with E-state index in [-0.39, 0.29) is 5.91 Å². The Kier molecular flexibility index (Phi) is 9.44. The van der Waals surface area contributed by atoms with E-state index < -0.39 is 0 Å². The average Bonchev–Trinajstić information content (AvgIpc) is 3.41. The zero-order valence-corrected chi connectivity index (χ0v) is 18.2. The van der Waals surface area contributed by atoms with Gasteiger partial charge in [0, 0.05) is 51.7 Å². The Morgan fingerprint density at radius 2 is 2.23 bits per heavy atom. The van der Waals surface area contributed by atoms with E-state index in [0.29, 0.717) is 25.4 Å². The van der Waals surface area contributed by atoms with Gasteiger partial charge in [0.25, 0.3) is 0 Å². The maximum Gasteiger partial charge on any atom is 0.222 e. The summed E-state index contributed by atoms with van der Waals surface area (Å²) in [5.74, 6) is 1.65. The third kappa shape index (κ3) is 7.61. The molecule has 1 aromatic rings. The van der Waals surface area contributed by atoms with Crippen molar-refractivity contribution in [2.24, 2.45) is 10.9 Å². The van der Waals surface area contributed by atoms with Gasteiger partial charge in [0.2, 0.25) is 5.91 Å². The Balaban J connectivity index is 1.39. The van der Waals surface area contributed by atoms with E-state index in [1.165, 1.54) is 5.56 Å². The first-order chi connectivity index (χ1) is 14.7. The van der Waals surface area contributed by atoms with Crippen molar-refractivity contribution >= 4 is 11.9 Å². The smallest absolute Gasteiger partial charge is 0.222 e. The molecule has 1 amide bonds. The van der Waals surface area contributed by atoms with E-state index in [2.05, 4.69) is 35.8 Å². The quantitative estimate of drug-likeness (QED) is 0.329. The van der Waals surface area contributed by atoms with E-state index in [0.717, 1.165) is 76.8 Å². The fourth-order valence-electron chi connectivity index (χ4n) is 3.78. The highest BCUT2D eigenvalue weighted by Gasteiger charge is 2.20. The lowest BCUT2D eigenvalue weighted by Gasteiger charge is -2.16. The lowest BCUT2D eigenvalue weighted by Crippen LogP contribution is -2.38. The highest BCUT2D eigenvalue weighted by atomic mass is 16.5. The van der Waals surface area contributed by atoms with Crippen LogP contribution < -0.4 is 10.6 Å².